The standard InChI is InChI=1S/C14H16ClNO3/c1-9-12(5-6-19-9)14(17)16-11-3-4-13(15)10(7-11)8-18-2/h3-7,14,16-17H,8H2,1-2H3. The first kappa shape index (κ1) is 13.9. The number of ether oxygens (including phenoxy) is 1. The van der Waals surface area contributed by atoms with Crippen LogP contribution in [-0.2, 0) is 11.3 Å². The van der Waals surface area contributed by atoms with Crippen LogP contribution in [0.5, 0.6) is 0 Å². The Bertz CT molecular complexity index is 553. The second-order valence-corrected chi connectivity index (χ2v) is 4.63. The zero-order valence-corrected chi connectivity index (χ0v) is 11.6. The van der Waals surface area contributed by atoms with Gasteiger partial charge in [-0.3, -0.25) is 0 Å². The van der Waals surface area contributed by atoms with Crippen LogP contribution in [0.25, 0.3) is 0 Å². The molecule has 1 unspecified atom stereocenters. The molecule has 0 saturated heterocycles. The molecule has 2 rings (SSSR count). The van der Waals surface area contributed by atoms with E-state index in [0.29, 0.717) is 23.0 Å². The van der Waals surface area contributed by atoms with Gasteiger partial charge in [-0.1, -0.05) is 11.6 Å². The predicted molar refractivity (Wildman–Crippen MR) is 74.2 cm³/mol. The van der Waals surface area contributed by atoms with Gasteiger partial charge < -0.3 is 19.6 Å². The Kier molecular flexibility index (Phi) is 4.47. The number of aryl methyl sites for hydroxylation is 1. The Labute approximate surface area is 117 Å². The number of furan rings is 1. The first-order valence-electron chi connectivity index (χ1n) is 5.87. The van der Waals surface area contributed by atoms with Crippen molar-refractivity contribution >= 4 is 17.3 Å². The van der Waals surface area contributed by atoms with Crippen LogP contribution in [0, 0.1) is 6.92 Å². The summed E-state index contributed by atoms with van der Waals surface area (Å²) in [5.74, 6) is 0.686. The summed E-state index contributed by atoms with van der Waals surface area (Å²) in [6.07, 6.45) is 0.726. The van der Waals surface area contributed by atoms with Crippen molar-refractivity contribution in [1.29, 1.82) is 0 Å². The molecule has 0 amide bonds. The molecule has 0 saturated carbocycles. The van der Waals surface area contributed by atoms with Crippen molar-refractivity contribution in [2.75, 3.05) is 12.4 Å². The third-order valence-electron chi connectivity index (χ3n) is 2.84. The number of hydrogen-bond donors (Lipinski definition) is 2. The summed E-state index contributed by atoms with van der Waals surface area (Å²) in [5.41, 5.74) is 2.35. The molecule has 4 nitrogen and oxygen atoms in total. The highest BCUT2D eigenvalue weighted by Gasteiger charge is 2.13. The van der Waals surface area contributed by atoms with Gasteiger partial charge in [0.15, 0.2) is 6.23 Å². The number of anilines is 1. The lowest BCUT2D eigenvalue weighted by atomic mass is 10.2. The molecule has 0 radical (unpaired) electrons. The van der Waals surface area contributed by atoms with Crippen LogP contribution in [0.2, 0.25) is 5.02 Å². The summed E-state index contributed by atoms with van der Waals surface area (Å²) in [6.45, 7) is 2.23. The summed E-state index contributed by atoms with van der Waals surface area (Å²) >= 11 is 6.05. The highest BCUT2D eigenvalue weighted by atomic mass is 35.5. The number of benzene rings is 1. The van der Waals surface area contributed by atoms with E-state index in [-0.39, 0.29) is 0 Å². The molecule has 1 heterocycles. The molecule has 0 aliphatic rings. The van der Waals surface area contributed by atoms with E-state index in [9.17, 15) is 5.11 Å². The third-order valence-corrected chi connectivity index (χ3v) is 3.21. The Morgan fingerprint density at radius 3 is 2.84 bits per heavy atom. The number of nitrogens with one attached hydrogen (secondary N) is 1. The monoisotopic (exact) mass is 281 g/mol. The van der Waals surface area contributed by atoms with Gasteiger partial charge in [0.1, 0.15) is 5.76 Å². The molecule has 1 aromatic carbocycles. The smallest absolute Gasteiger partial charge is 0.154 e. The number of halogens is 1. The van der Waals surface area contributed by atoms with Gasteiger partial charge in [-0.25, -0.2) is 0 Å². The van der Waals surface area contributed by atoms with Crippen molar-refractivity contribution in [3.05, 3.63) is 52.4 Å². The van der Waals surface area contributed by atoms with Crippen molar-refractivity contribution in [1.82, 2.24) is 0 Å². The van der Waals surface area contributed by atoms with Crippen LogP contribution in [0.4, 0.5) is 5.69 Å². The maximum Gasteiger partial charge on any atom is 0.154 e. The zero-order chi connectivity index (χ0) is 13.8. The summed E-state index contributed by atoms with van der Waals surface area (Å²) in [5, 5.41) is 13.7. The van der Waals surface area contributed by atoms with Crippen LogP contribution in [0.15, 0.2) is 34.9 Å². The van der Waals surface area contributed by atoms with Crippen LogP contribution >= 0.6 is 11.6 Å². The fraction of sp³-hybridized carbons (Fsp3) is 0.286. The molecular weight excluding hydrogens is 266 g/mol. The van der Waals surface area contributed by atoms with E-state index in [1.165, 1.54) is 0 Å². The zero-order valence-electron chi connectivity index (χ0n) is 10.8. The highest BCUT2D eigenvalue weighted by Crippen LogP contribution is 2.25. The molecule has 19 heavy (non-hydrogen) atoms. The molecule has 1 aromatic heterocycles. The molecule has 1 atom stereocenters. The van der Waals surface area contributed by atoms with Crippen LogP contribution < -0.4 is 5.32 Å². The number of hydrogen-bond acceptors (Lipinski definition) is 4. The molecule has 2 aromatic rings. The predicted octanol–water partition coefficient (Wildman–Crippen LogP) is 3.49. The second kappa shape index (κ2) is 6.10. The van der Waals surface area contributed by atoms with Gasteiger partial charge in [0.05, 0.1) is 12.9 Å². The molecule has 102 valence electrons. The molecule has 0 bridgehead atoms. The number of aliphatic hydroxyl groups is 1. The summed E-state index contributed by atoms with van der Waals surface area (Å²) < 4.78 is 10.2. The minimum atomic E-state index is -0.824. The van der Waals surface area contributed by atoms with Gasteiger partial charge in [-0.15, -0.1) is 0 Å². The van der Waals surface area contributed by atoms with Gasteiger partial charge in [0, 0.05) is 23.4 Å². The lowest BCUT2D eigenvalue weighted by Gasteiger charge is -2.15. The van der Waals surface area contributed by atoms with Crippen molar-refractivity contribution in [2.24, 2.45) is 0 Å². The average Bonchev–Trinajstić information content (AvgIpc) is 2.80. The summed E-state index contributed by atoms with van der Waals surface area (Å²) in [4.78, 5) is 0. The van der Waals surface area contributed by atoms with Crippen molar-refractivity contribution in [3.8, 4) is 0 Å². The minimum Gasteiger partial charge on any atom is -0.469 e. The SMILES string of the molecule is COCc1cc(NC(O)c2ccoc2C)ccc1Cl. The summed E-state index contributed by atoms with van der Waals surface area (Å²) in [6, 6.07) is 7.16. The van der Waals surface area contributed by atoms with E-state index in [0.717, 1.165) is 11.3 Å². The molecule has 0 aliphatic carbocycles. The van der Waals surface area contributed by atoms with Gasteiger partial charge >= 0.3 is 0 Å². The van der Waals surface area contributed by atoms with Crippen molar-refractivity contribution in [2.45, 2.75) is 19.8 Å². The van der Waals surface area contributed by atoms with E-state index in [4.69, 9.17) is 20.8 Å². The Hall–Kier alpha value is -1.49. The fourth-order valence-electron chi connectivity index (χ4n) is 1.84. The normalized spacial score (nSPS) is 12.4. The average molecular weight is 282 g/mol. The van der Waals surface area contributed by atoms with E-state index in [1.807, 2.05) is 6.07 Å². The van der Waals surface area contributed by atoms with E-state index < -0.39 is 6.23 Å². The van der Waals surface area contributed by atoms with Crippen LogP contribution in [0.3, 0.4) is 0 Å². The van der Waals surface area contributed by atoms with E-state index >= 15 is 0 Å². The van der Waals surface area contributed by atoms with Crippen LogP contribution in [-0.4, -0.2) is 12.2 Å². The first-order chi connectivity index (χ1) is 9.11. The maximum absolute atomic E-state index is 10.1. The van der Waals surface area contributed by atoms with Crippen LogP contribution in [0.1, 0.15) is 23.1 Å². The van der Waals surface area contributed by atoms with Gasteiger partial charge in [0.2, 0.25) is 0 Å². The molecule has 2 N–H and O–H groups in total. The topological polar surface area (TPSA) is 54.6 Å². The highest BCUT2D eigenvalue weighted by molar-refractivity contribution is 6.31. The van der Waals surface area contributed by atoms with Crippen molar-refractivity contribution < 1.29 is 14.3 Å². The summed E-state index contributed by atoms with van der Waals surface area (Å²) in [7, 11) is 1.61. The van der Waals surface area contributed by atoms with Crippen molar-refractivity contribution in [3.63, 3.8) is 0 Å². The number of rotatable bonds is 5. The second-order valence-electron chi connectivity index (χ2n) is 4.22. The van der Waals surface area contributed by atoms with E-state index in [2.05, 4.69) is 5.32 Å². The molecule has 0 spiro atoms. The first-order valence-corrected chi connectivity index (χ1v) is 6.25. The Balaban J connectivity index is 2.15. The fourth-order valence-corrected chi connectivity index (χ4v) is 2.02. The quantitative estimate of drug-likeness (QED) is 0.824. The largest absolute Gasteiger partial charge is 0.469 e. The molecule has 0 fully saturated rings. The third kappa shape index (κ3) is 3.29. The molecule has 0 aliphatic heterocycles. The molecule has 5 heteroatoms. The number of methoxy groups -OCH3 is 1. The maximum atomic E-state index is 10.1. The van der Waals surface area contributed by atoms with Gasteiger partial charge in [-0.05, 0) is 36.8 Å². The molecular formula is C14H16ClNO3. The Morgan fingerprint density at radius 1 is 1.42 bits per heavy atom. The lowest BCUT2D eigenvalue weighted by Crippen LogP contribution is -2.10. The Morgan fingerprint density at radius 2 is 2.21 bits per heavy atom. The van der Waals surface area contributed by atoms with E-state index in [1.54, 1.807) is 38.5 Å². The minimum absolute atomic E-state index is 0.426. The lowest BCUT2D eigenvalue weighted by molar-refractivity contribution is 0.185. The van der Waals surface area contributed by atoms with Gasteiger partial charge in [0.25, 0.3) is 0 Å². The number of aliphatic hydroxyl groups excluding tert-OH is 1. The van der Waals surface area contributed by atoms with Gasteiger partial charge in [-0.2, -0.15) is 0 Å².